The van der Waals surface area contributed by atoms with Gasteiger partial charge in [-0.3, -0.25) is 14.3 Å². The van der Waals surface area contributed by atoms with Crippen molar-refractivity contribution >= 4 is 29.7 Å². The van der Waals surface area contributed by atoms with Crippen LogP contribution in [0.1, 0.15) is 5.37 Å². The smallest absolute Gasteiger partial charge is 0.458 e. The molecule has 2 unspecified atom stereocenters. The number of ether oxygens (including phenoxy) is 3. The lowest BCUT2D eigenvalue weighted by Gasteiger charge is -2.26. The second-order valence-electron chi connectivity index (χ2n) is 6.41. The van der Waals surface area contributed by atoms with E-state index >= 15 is 0 Å². The van der Waals surface area contributed by atoms with Gasteiger partial charge in [-0.05, 0) is 0 Å². The van der Waals surface area contributed by atoms with Crippen molar-refractivity contribution in [2.75, 3.05) is 6.61 Å². The third kappa shape index (κ3) is 6.92. The molecule has 0 amide bonds. The SMILES string of the molecule is O=C(OC[C@H]1S[C@@H](n2ccc(=O)[nH]c2=O)C(OC(=O)C(F)(F)F)C1OC(=O)C(F)(F)F)C(F)(F)F. The van der Waals surface area contributed by atoms with Crippen LogP contribution in [0.4, 0.5) is 39.5 Å². The van der Waals surface area contributed by atoms with Crippen LogP contribution in [0.3, 0.4) is 0 Å². The lowest BCUT2D eigenvalue weighted by molar-refractivity contribution is -0.222. The summed E-state index contributed by atoms with van der Waals surface area (Å²) in [5, 5.41) is -4.01. The van der Waals surface area contributed by atoms with Crippen molar-refractivity contribution in [2.24, 2.45) is 0 Å². The van der Waals surface area contributed by atoms with Gasteiger partial charge >= 0.3 is 42.1 Å². The van der Waals surface area contributed by atoms with E-state index in [1.807, 2.05) is 0 Å². The van der Waals surface area contributed by atoms with Gasteiger partial charge < -0.3 is 14.2 Å². The van der Waals surface area contributed by atoms with Crippen molar-refractivity contribution in [3.05, 3.63) is 33.1 Å². The quantitative estimate of drug-likeness (QED) is 0.328. The molecule has 0 saturated carbocycles. The molecule has 0 aromatic carbocycles. The molecule has 2 rings (SSSR count). The van der Waals surface area contributed by atoms with E-state index in [1.54, 1.807) is 4.98 Å². The molecule has 2 heterocycles. The fraction of sp³-hybridized carbons (Fsp3) is 0.533. The minimum Gasteiger partial charge on any atom is -0.458 e. The fourth-order valence-electron chi connectivity index (χ4n) is 2.58. The highest BCUT2D eigenvalue weighted by Crippen LogP contribution is 2.45. The molecule has 0 aliphatic carbocycles. The molecule has 1 aliphatic rings. The van der Waals surface area contributed by atoms with Crippen molar-refractivity contribution in [1.29, 1.82) is 0 Å². The Morgan fingerprint density at radius 3 is 1.80 bits per heavy atom. The van der Waals surface area contributed by atoms with Gasteiger partial charge in [0.25, 0.3) is 5.56 Å². The molecule has 4 atom stereocenters. The first kappa shape index (κ1) is 28.1. The Labute approximate surface area is 189 Å². The predicted octanol–water partition coefficient (Wildman–Crippen LogP) is 1.20. The van der Waals surface area contributed by atoms with Gasteiger partial charge in [0.1, 0.15) is 12.0 Å². The number of carbonyl (C=O) groups excluding carboxylic acids is 3. The first-order chi connectivity index (χ1) is 15.8. The van der Waals surface area contributed by atoms with Gasteiger partial charge in [0.2, 0.25) is 0 Å². The third-order valence-electron chi connectivity index (χ3n) is 3.97. The molecule has 10 nitrogen and oxygen atoms in total. The topological polar surface area (TPSA) is 134 Å². The van der Waals surface area contributed by atoms with E-state index in [-0.39, 0.29) is 11.8 Å². The van der Waals surface area contributed by atoms with E-state index in [1.165, 1.54) is 0 Å². The summed E-state index contributed by atoms with van der Waals surface area (Å²) in [6, 6.07) is 0.623. The number of nitrogens with one attached hydrogen (secondary N) is 1. The van der Waals surface area contributed by atoms with Gasteiger partial charge in [-0.15, -0.1) is 11.8 Å². The number of hydrogen-bond acceptors (Lipinski definition) is 9. The van der Waals surface area contributed by atoms with Crippen molar-refractivity contribution in [2.45, 2.75) is 41.4 Å². The van der Waals surface area contributed by atoms with Crippen molar-refractivity contribution < 1.29 is 68.1 Å². The number of halogens is 9. The van der Waals surface area contributed by atoms with Crippen LogP contribution in [0.2, 0.25) is 0 Å². The van der Waals surface area contributed by atoms with E-state index < -0.39 is 77.1 Å². The highest BCUT2D eigenvalue weighted by Gasteiger charge is 2.56. The summed E-state index contributed by atoms with van der Waals surface area (Å²) in [7, 11) is 0. The average molecular weight is 548 g/mol. The van der Waals surface area contributed by atoms with Crippen LogP contribution in [-0.2, 0) is 28.6 Å². The van der Waals surface area contributed by atoms with E-state index in [2.05, 4.69) is 14.2 Å². The molecule has 20 heteroatoms. The molecule has 1 saturated heterocycles. The number of H-pyrrole nitrogens is 1. The Morgan fingerprint density at radius 1 is 0.857 bits per heavy atom. The van der Waals surface area contributed by atoms with Crippen LogP contribution in [0, 0.1) is 0 Å². The zero-order valence-electron chi connectivity index (χ0n) is 16.2. The van der Waals surface area contributed by atoms with Gasteiger partial charge in [-0.1, -0.05) is 0 Å². The number of thioether (sulfide) groups is 1. The second-order valence-corrected chi connectivity index (χ2v) is 7.77. The average Bonchev–Trinajstić information content (AvgIpc) is 3.00. The Bertz CT molecular complexity index is 1090. The van der Waals surface area contributed by atoms with Crippen LogP contribution in [-0.4, -0.2) is 70.1 Å². The molecule has 1 aromatic heterocycles. The Balaban J connectivity index is 2.53. The summed E-state index contributed by atoms with van der Waals surface area (Å²) in [5.74, 6) is -8.92. The molecule has 1 fully saturated rings. The van der Waals surface area contributed by atoms with Crippen LogP contribution < -0.4 is 11.2 Å². The zero-order chi connectivity index (χ0) is 26.9. The van der Waals surface area contributed by atoms with Crippen molar-refractivity contribution in [3.8, 4) is 0 Å². The molecular weight excluding hydrogens is 539 g/mol. The van der Waals surface area contributed by atoms with Gasteiger partial charge in [0.15, 0.2) is 12.2 Å². The van der Waals surface area contributed by atoms with E-state index in [4.69, 9.17) is 0 Å². The number of aromatic nitrogens is 2. The van der Waals surface area contributed by atoms with Crippen LogP contribution in [0.15, 0.2) is 21.9 Å². The predicted molar refractivity (Wildman–Crippen MR) is 90.6 cm³/mol. The summed E-state index contributed by atoms with van der Waals surface area (Å²) < 4.78 is 126. The molecule has 0 radical (unpaired) electrons. The zero-order valence-corrected chi connectivity index (χ0v) is 17.0. The maximum Gasteiger partial charge on any atom is 0.490 e. The minimum atomic E-state index is -5.76. The Kier molecular flexibility index (Phi) is 7.87. The van der Waals surface area contributed by atoms with Gasteiger partial charge in [-0.2, -0.15) is 39.5 Å². The summed E-state index contributed by atoms with van der Waals surface area (Å²) in [4.78, 5) is 58.6. The minimum absolute atomic E-state index is 0.0651. The van der Waals surface area contributed by atoms with E-state index in [0.717, 1.165) is 0 Å². The summed E-state index contributed by atoms with van der Waals surface area (Å²) in [6.07, 6.45) is -21.7. The van der Waals surface area contributed by atoms with Gasteiger partial charge in [0, 0.05) is 12.3 Å². The molecule has 35 heavy (non-hydrogen) atoms. The molecule has 1 aliphatic heterocycles. The largest absolute Gasteiger partial charge is 0.490 e. The number of esters is 3. The van der Waals surface area contributed by atoms with Crippen LogP contribution in [0.5, 0.6) is 0 Å². The summed E-state index contributed by atoms with van der Waals surface area (Å²) in [6.45, 7) is -1.51. The summed E-state index contributed by atoms with van der Waals surface area (Å²) >= 11 is 0.0651. The molecule has 1 N–H and O–H groups in total. The van der Waals surface area contributed by atoms with E-state index in [9.17, 15) is 63.5 Å². The number of hydrogen-bond donors (Lipinski definition) is 1. The lowest BCUT2D eigenvalue weighted by atomic mass is 10.1. The van der Waals surface area contributed by atoms with Crippen molar-refractivity contribution in [3.63, 3.8) is 0 Å². The fourth-order valence-corrected chi connectivity index (χ4v) is 4.11. The molecule has 0 bridgehead atoms. The molecule has 196 valence electrons. The normalized spacial score (nSPS) is 23.0. The highest BCUT2D eigenvalue weighted by atomic mass is 32.2. The highest BCUT2D eigenvalue weighted by molar-refractivity contribution is 8.00. The molecular formula is C15H9F9N2O8S. The Hall–Kier alpha value is -3.19. The third-order valence-corrected chi connectivity index (χ3v) is 5.50. The lowest BCUT2D eigenvalue weighted by Crippen LogP contribution is -2.46. The number of alkyl halides is 9. The maximum absolute atomic E-state index is 12.7. The maximum atomic E-state index is 12.7. The number of rotatable bonds is 5. The van der Waals surface area contributed by atoms with Crippen LogP contribution >= 0.6 is 11.8 Å². The number of carbonyl (C=O) groups is 3. The van der Waals surface area contributed by atoms with E-state index in [0.29, 0.717) is 16.8 Å². The van der Waals surface area contributed by atoms with Crippen LogP contribution in [0.25, 0.3) is 0 Å². The number of aromatic amines is 1. The Morgan fingerprint density at radius 2 is 1.34 bits per heavy atom. The first-order valence-corrected chi connectivity index (χ1v) is 9.53. The standard InChI is InChI=1S/C15H9F9N2O8S/c16-13(17,18)9(28)32-3-4-6(33-10(29)14(19,20)21)7(34-11(30)15(22,23)24)8(35-4)26-2-1-5(27)25-12(26)31/h1-2,4,6-8H,3H2,(H,25,27,31)/t4-,6?,7?,8-/m1/s1. The summed E-state index contributed by atoms with van der Waals surface area (Å²) in [5.41, 5.74) is -2.43. The monoisotopic (exact) mass is 548 g/mol. The number of nitrogens with zero attached hydrogens (tertiary/aromatic N) is 1. The second kappa shape index (κ2) is 9.82. The van der Waals surface area contributed by atoms with Gasteiger partial charge in [0.05, 0.1) is 5.25 Å². The van der Waals surface area contributed by atoms with Crippen molar-refractivity contribution in [1.82, 2.24) is 9.55 Å². The van der Waals surface area contributed by atoms with Gasteiger partial charge in [-0.25, -0.2) is 19.2 Å². The molecule has 0 spiro atoms. The first-order valence-electron chi connectivity index (χ1n) is 8.59. The molecule has 1 aromatic rings.